The summed E-state index contributed by atoms with van der Waals surface area (Å²) in [5.41, 5.74) is 1.22. The summed E-state index contributed by atoms with van der Waals surface area (Å²) in [5.74, 6) is 0.00345. The largest absolute Gasteiger partial charge is 0.483 e. The summed E-state index contributed by atoms with van der Waals surface area (Å²) >= 11 is 1.28. The van der Waals surface area contributed by atoms with E-state index in [4.69, 9.17) is 4.74 Å². The highest BCUT2D eigenvalue weighted by Crippen LogP contribution is 2.30. The molecule has 0 fully saturated rings. The third-order valence-electron chi connectivity index (χ3n) is 4.45. The molecule has 0 atom stereocenters. The van der Waals surface area contributed by atoms with Crippen molar-refractivity contribution >= 4 is 32.6 Å². The van der Waals surface area contributed by atoms with Crippen molar-refractivity contribution in [1.29, 1.82) is 0 Å². The number of aromatic nitrogens is 3. The van der Waals surface area contributed by atoms with Gasteiger partial charge in [-0.25, -0.2) is 9.37 Å². The number of carbonyl (C=O) groups is 1. The predicted molar refractivity (Wildman–Crippen MR) is 111 cm³/mol. The number of thiazole rings is 1. The quantitative estimate of drug-likeness (QED) is 0.461. The predicted octanol–water partition coefficient (Wildman–Crippen LogP) is 4.05. The van der Waals surface area contributed by atoms with E-state index in [2.05, 4.69) is 10.1 Å². The minimum Gasteiger partial charge on any atom is -0.483 e. The van der Waals surface area contributed by atoms with Crippen molar-refractivity contribution in [3.63, 3.8) is 0 Å². The van der Waals surface area contributed by atoms with Gasteiger partial charge in [-0.3, -0.25) is 14.4 Å². The highest BCUT2D eigenvalue weighted by atomic mass is 32.1. The lowest BCUT2D eigenvalue weighted by Crippen LogP contribution is -2.37. The first-order valence-corrected chi connectivity index (χ1v) is 9.95. The Kier molecular flexibility index (Phi) is 5.53. The second-order valence-corrected chi connectivity index (χ2v) is 7.46. The van der Waals surface area contributed by atoms with Crippen LogP contribution in [0.4, 0.5) is 9.52 Å². The van der Waals surface area contributed by atoms with Crippen LogP contribution in [0.25, 0.3) is 10.2 Å². The van der Waals surface area contributed by atoms with Crippen LogP contribution in [0.5, 0.6) is 5.75 Å². The number of nitrogens with zero attached hydrogens (tertiary/aromatic N) is 4. The zero-order valence-corrected chi connectivity index (χ0v) is 16.6. The molecule has 2 aromatic carbocycles. The van der Waals surface area contributed by atoms with E-state index in [1.807, 2.05) is 43.5 Å². The van der Waals surface area contributed by atoms with Gasteiger partial charge in [-0.15, -0.1) is 0 Å². The minimum absolute atomic E-state index is 0.137. The maximum Gasteiger partial charge on any atom is 0.266 e. The van der Waals surface area contributed by atoms with Crippen LogP contribution in [0.15, 0.2) is 60.9 Å². The Morgan fingerprint density at radius 1 is 1.21 bits per heavy atom. The molecule has 2 heterocycles. The third-order valence-corrected chi connectivity index (χ3v) is 5.49. The molecule has 1 amide bonds. The topological polar surface area (TPSA) is 60.2 Å². The number of halogens is 1. The minimum atomic E-state index is -0.402. The van der Waals surface area contributed by atoms with Crippen molar-refractivity contribution in [1.82, 2.24) is 14.8 Å². The molecule has 148 valence electrons. The lowest BCUT2D eigenvalue weighted by atomic mass is 10.2. The van der Waals surface area contributed by atoms with Gasteiger partial charge in [0.05, 0.1) is 11.2 Å². The second kappa shape index (κ2) is 8.40. The Labute approximate surface area is 171 Å². The normalized spacial score (nSPS) is 11.0. The van der Waals surface area contributed by atoms with Gasteiger partial charge in [-0.05, 0) is 36.8 Å². The fraction of sp³-hybridized carbons (Fsp3) is 0.190. The fourth-order valence-electron chi connectivity index (χ4n) is 2.92. The van der Waals surface area contributed by atoms with Gasteiger partial charge in [0, 0.05) is 18.9 Å². The number of benzene rings is 2. The molecule has 0 bridgehead atoms. The molecule has 8 heteroatoms. The number of amides is 1. The Bertz CT molecular complexity index is 1130. The van der Waals surface area contributed by atoms with Gasteiger partial charge < -0.3 is 4.74 Å². The van der Waals surface area contributed by atoms with Gasteiger partial charge >= 0.3 is 0 Å². The monoisotopic (exact) mass is 410 g/mol. The molecule has 0 radical (unpaired) electrons. The fourth-order valence-corrected chi connectivity index (χ4v) is 3.94. The highest BCUT2D eigenvalue weighted by Gasteiger charge is 2.21. The van der Waals surface area contributed by atoms with Gasteiger partial charge in [0.15, 0.2) is 11.7 Å². The molecule has 2 aromatic heterocycles. The van der Waals surface area contributed by atoms with Gasteiger partial charge in [-0.2, -0.15) is 5.10 Å². The van der Waals surface area contributed by atoms with Crippen molar-refractivity contribution < 1.29 is 13.9 Å². The van der Waals surface area contributed by atoms with E-state index < -0.39 is 5.82 Å². The summed E-state index contributed by atoms with van der Waals surface area (Å²) in [6, 6.07) is 14.1. The van der Waals surface area contributed by atoms with E-state index in [9.17, 15) is 9.18 Å². The molecular weight excluding hydrogens is 391 g/mol. The molecule has 0 aliphatic rings. The number of aryl methyl sites for hydroxylation is 1. The van der Waals surface area contributed by atoms with Gasteiger partial charge in [0.2, 0.25) is 0 Å². The van der Waals surface area contributed by atoms with Gasteiger partial charge in [-0.1, -0.05) is 35.6 Å². The molecule has 0 saturated heterocycles. The number of para-hydroxylation sites is 2. The zero-order chi connectivity index (χ0) is 20.2. The third kappa shape index (κ3) is 4.27. The van der Waals surface area contributed by atoms with E-state index in [1.165, 1.54) is 22.3 Å². The number of rotatable bonds is 7. The first kappa shape index (κ1) is 19.1. The van der Waals surface area contributed by atoms with Crippen LogP contribution in [0.3, 0.4) is 0 Å². The average Bonchev–Trinajstić information content (AvgIpc) is 3.38. The standard InChI is InChI=1S/C21H19FN4O2S/c1-15-6-2-3-8-17(15)28-14-19(27)26(13-12-25-11-5-10-23-25)21-24-20-16(22)7-4-9-18(20)29-21/h2-11H,12-14H2,1H3. The van der Waals surface area contributed by atoms with Crippen molar-refractivity contribution in [3.8, 4) is 5.75 Å². The van der Waals surface area contributed by atoms with Crippen molar-refractivity contribution in [2.75, 3.05) is 18.1 Å². The van der Waals surface area contributed by atoms with Crippen molar-refractivity contribution in [3.05, 3.63) is 72.3 Å². The van der Waals surface area contributed by atoms with Gasteiger partial charge in [0.25, 0.3) is 5.91 Å². The maximum absolute atomic E-state index is 14.1. The second-order valence-electron chi connectivity index (χ2n) is 6.45. The summed E-state index contributed by atoms with van der Waals surface area (Å²) in [5, 5.41) is 4.61. The van der Waals surface area contributed by atoms with Crippen LogP contribution in [0, 0.1) is 12.7 Å². The van der Waals surface area contributed by atoms with E-state index in [-0.39, 0.29) is 18.0 Å². The van der Waals surface area contributed by atoms with Crippen LogP contribution >= 0.6 is 11.3 Å². The molecule has 0 aliphatic carbocycles. The van der Waals surface area contributed by atoms with E-state index in [0.717, 1.165) is 5.56 Å². The smallest absolute Gasteiger partial charge is 0.266 e. The van der Waals surface area contributed by atoms with Crippen molar-refractivity contribution in [2.24, 2.45) is 0 Å². The number of hydrogen-bond acceptors (Lipinski definition) is 5. The first-order chi connectivity index (χ1) is 14.1. The first-order valence-electron chi connectivity index (χ1n) is 9.13. The van der Waals surface area contributed by atoms with E-state index >= 15 is 0 Å². The number of anilines is 1. The maximum atomic E-state index is 14.1. The SMILES string of the molecule is Cc1ccccc1OCC(=O)N(CCn1cccn1)c1nc2c(F)cccc2s1. The van der Waals surface area contributed by atoms with E-state index in [0.29, 0.717) is 28.7 Å². The summed E-state index contributed by atoms with van der Waals surface area (Å²) < 4.78 is 22.2. The molecule has 4 rings (SSSR count). The highest BCUT2D eigenvalue weighted by molar-refractivity contribution is 7.22. The molecule has 4 aromatic rings. The summed E-state index contributed by atoms with van der Waals surface area (Å²) in [4.78, 5) is 18.9. The Morgan fingerprint density at radius 2 is 2.07 bits per heavy atom. The zero-order valence-electron chi connectivity index (χ0n) is 15.8. The number of hydrogen-bond donors (Lipinski definition) is 0. The van der Waals surface area contributed by atoms with Gasteiger partial charge in [0.1, 0.15) is 17.1 Å². The number of fused-ring (bicyclic) bond motifs is 1. The molecular formula is C21H19FN4O2S. The average molecular weight is 410 g/mol. The Balaban J connectivity index is 1.57. The lowest BCUT2D eigenvalue weighted by Gasteiger charge is -2.20. The van der Waals surface area contributed by atoms with Crippen LogP contribution in [-0.2, 0) is 11.3 Å². The lowest BCUT2D eigenvalue weighted by molar-refractivity contribution is -0.120. The van der Waals surface area contributed by atoms with E-state index in [1.54, 1.807) is 23.0 Å². The number of carbonyl (C=O) groups excluding carboxylic acids is 1. The molecule has 0 saturated carbocycles. The van der Waals surface area contributed by atoms with Crippen molar-refractivity contribution in [2.45, 2.75) is 13.5 Å². The Hall–Kier alpha value is -3.26. The van der Waals surface area contributed by atoms with Crippen LogP contribution in [0.1, 0.15) is 5.56 Å². The summed E-state index contributed by atoms with van der Waals surface area (Å²) in [6.45, 7) is 2.62. The molecule has 0 N–H and O–H groups in total. The molecule has 0 unspecified atom stereocenters. The van der Waals surface area contributed by atoms with Crippen LogP contribution in [-0.4, -0.2) is 33.8 Å². The molecule has 6 nitrogen and oxygen atoms in total. The number of ether oxygens (including phenoxy) is 1. The van der Waals surface area contributed by atoms with Crippen LogP contribution < -0.4 is 9.64 Å². The summed E-state index contributed by atoms with van der Waals surface area (Å²) in [6.07, 6.45) is 3.50. The molecule has 0 spiro atoms. The molecule has 0 aliphatic heterocycles. The Morgan fingerprint density at radius 3 is 2.83 bits per heavy atom. The van der Waals surface area contributed by atoms with Crippen LogP contribution in [0.2, 0.25) is 0 Å². The summed E-state index contributed by atoms with van der Waals surface area (Å²) in [7, 11) is 0. The molecule has 29 heavy (non-hydrogen) atoms.